The standard InChI is InChI=1S/C15H21BrN2O2/c1-2-20-15(19)18-13(7-3-4-10-16)9-8-12-6-5-11-17-14(12)18/h5-6,11,13H,2-4,7-10H2,1H3. The predicted octanol–water partition coefficient (Wildman–Crippen LogP) is 3.92. The lowest BCUT2D eigenvalue weighted by Gasteiger charge is -2.35. The van der Waals surface area contributed by atoms with Crippen LogP contribution in [0, 0.1) is 0 Å². The number of fused-ring (bicyclic) bond motifs is 1. The average molecular weight is 341 g/mol. The fourth-order valence-corrected chi connectivity index (χ4v) is 3.04. The molecule has 0 N–H and O–H groups in total. The second-order valence-electron chi connectivity index (χ2n) is 4.93. The Bertz CT molecular complexity index is 453. The SMILES string of the molecule is CCOC(=O)N1c2ncccc2CCC1CCCCBr. The van der Waals surface area contributed by atoms with Crippen molar-refractivity contribution in [3.8, 4) is 0 Å². The molecule has 0 aliphatic carbocycles. The number of ether oxygens (including phenoxy) is 1. The highest BCUT2D eigenvalue weighted by molar-refractivity contribution is 9.09. The van der Waals surface area contributed by atoms with E-state index in [0.717, 1.165) is 48.8 Å². The Morgan fingerprint density at radius 2 is 2.40 bits per heavy atom. The highest BCUT2D eigenvalue weighted by Crippen LogP contribution is 2.31. The maximum Gasteiger partial charge on any atom is 0.415 e. The number of halogens is 1. The number of unbranched alkanes of at least 4 members (excludes halogenated alkanes) is 1. The largest absolute Gasteiger partial charge is 0.449 e. The van der Waals surface area contributed by atoms with E-state index in [1.165, 1.54) is 0 Å². The molecule has 4 nitrogen and oxygen atoms in total. The van der Waals surface area contributed by atoms with Crippen molar-refractivity contribution in [2.45, 2.75) is 45.1 Å². The summed E-state index contributed by atoms with van der Waals surface area (Å²) in [5, 5.41) is 1.01. The molecule has 0 fully saturated rings. The van der Waals surface area contributed by atoms with Crippen molar-refractivity contribution in [3.63, 3.8) is 0 Å². The number of hydrogen-bond donors (Lipinski definition) is 0. The van der Waals surface area contributed by atoms with Crippen molar-refractivity contribution in [2.24, 2.45) is 0 Å². The molecule has 1 aromatic heterocycles. The monoisotopic (exact) mass is 340 g/mol. The molecule has 1 aliphatic heterocycles. The lowest BCUT2D eigenvalue weighted by Crippen LogP contribution is -2.44. The lowest BCUT2D eigenvalue weighted by molar-refractivity contribution is 0.155. The number of rotatable bonds is 5. The Balaban J connectivity index is 2.18. The number of amides is 1. The summed E-state index contributed by atoms with van der Waals surface area (Å²) in [4.78, 5) is 18.4. The quantitative estimate of drug-likeness (QED) is 0.602. The smallest absolute Gasteiger partial charge is 0.415 e. The minimum atomic E-state index is -0.268. The number of anilines is 1. The molecule has 2 rings (SSSR count). The number of alkyl halides is 1. The third kappa shape index (κ3) is 3.51. The van der Waals surface area contributed by atoms with E-state index in [1.54, 1.807) is 11.1 Å². The van der Waals surface area contributed by atoms with Crippen molar-refractivity contribution < 1.29 is 9.53 Å². The minimum Gasteiger partial charge on any atom is -0.449 e. The molecule has 5 heteroatoms. The molecule has 0 spiro atoms. The molecule has 20 heavy (non-hydrogen) atoms. The number of aromatic nitrogens is 1. The highest BCUT2D eigenvalue weighted by Gasteiger charge is 2.32. The molecule has 1 atom stereocenters. The summed E-state index contributed by atoms with van der Waals surface area (Å²) in [6, 6.07) is 4.17. The normalized spacial score (nSPS) is 17.7. The van der Waals surface area contributed by atoms with Crippen LogP contribution in [0.15, 0.2) is 18.3 Å². The number of hydrogen-bond acceptors (Lipinski definition) is 3. The number of pyridine rings is 1. The first kappa shape index (κ1) is 15.3. The van der Waals surface area contributed by atoms with E-state index in [4.69, 9.17) is 4.74 Å². The van der Waals surface area contributed by atoms with Crippen LogP contribution in [0.2, 0.25) is 0 Å². The summed E-state index contributed by atoms with van der Waals surface area (Å²) in [5.74, 6) is 0.779. The van der Waals surface area contributed by atoms with Gasteiger partial charge in [-0.3, -0.25) is 4.90 Å². The van der Waals surface area contributed by atoms with Crippen molar-refractivity contribution in [2.75, 3.05) is 16.8 Å². The van der Waals surface area contributed by atoms with Crippen LogP contribution in [0.5, 0.6) is 0 Å². The van der Waals surface area contributed by atoms with Crippen molar-refractivity contribution in [1.29, 1.82) is 0 Å². The van der Waals surface area contributed by atoms with Crippen molar-refractivity contribution in [3.05, 3.63) is 23.9 Å². The number of aryl methyl sites for hydroxylation is 1. The zero-order chi connectivity index (χ0) is 14.4. The zero-order valence-electron chi connectivity index (χ0n) is 11.8. The number of carbonyl (C=O) groups excluding carboxylic acids is 1. The summed E-state index contributed by atoms with van der Waals surface area (Å²) in [5.41, 5.74) is 1.14. The van der Waals surface area contributed by atoms with E-state index in [1.807, 2.05) is 19.1 Å². The molecule has 1 aromatic rings. The molecule has 0 radical (unpaired) electrons. The lowest BCUT2D eigenvalue weighted by atomic mass is 9.95. The summed E-state index contributed by atoms with van der Waals surface area (Å²) < 4.78 is 5.21. The topological polar surface area (TPSA) is 42.4 Å². The van der Waals surface area contributed by atoms with Gasteiger partial charge in [-0.05, 0) is 44.2 Å². The summed E-state index contributed by atoms with van der Waals surface area (Å²) in [6.45, 7) is 2.23. The number of carbonyl (C=O) groups is 1. The van der Waals surface area contributed by atoms with Gasteiger partial charge in [-0.25, -0.2) is 9.78 Å². The highest BCUT2D eigenvalue weighted by atomic mass is 79.9. The molecule has 0 saturated heterocycles. The average Bonchev–Trinajstić information content (AvgIpc) is 2.47. The van der Waals surface area contributed by atoms with Crippen LogP contribution in [0.25, 0.3) is 0 Å². The second kappa shape index (κ2) is 7.62. The van der Waals surface area contributed by atoms with E-state index in [0.29, 0.717) is 6.61 Å². The Labute approximate surface area is 128 Å². The molecule has 110 valence electrons. The fraction of sp³-hybridized carbons (Fsp3) is 0.600. The molecular weight excluding hydrogens is 320 g/mol. The maximum atomic E-state index is 12.3. The van der Waals surface area contributed by atoms with Gasteiger partial charge in [0.25, 0.3) is 0 Å². The Kier molecular flexibility index (Phi) is 5.83. The van der Waals surface area contributed by atoms with Gasteiger partial charge in [0.05, 0.1) is 6.61 Å². The second-order valence-corrected chi connectivity index (χ2v) is 5.73. The summed E-state index contributed by atoms with van der Waals surface area (Å²) in [7, 11) is 0. The predicted molar refractivity (Wildman–Crippen MR) is 83.5 cm³/mol. The van der Waals surface area contributed by atoms with E-state index in [2.05, 4.69) is 20.9 Å². The molecule has 0 saturated carbocycles. The summed E-state index contributed by atoms with van der Waals surface area (Å²) >= 11 is 3.45. The van der Waals surface area contributed by atoms with Crippen LogP contribution in [-0.4, -0.2) is 29.1 Å². The molecule has 0 bridgehead atoms. The van der Waals surface area contributed by atoms with Gasteiger partial charge < -0.3 is 4.74 Å². The maximum absolute atomic E-state index is 12.3. The van der Waals surface area contributed by atoms with Crippen LogP contribution >= 0.6 is 15.9 Å². The van der Waals surface area contributed by atoms with E-state index >= 15 is 0 Å². The molecule has 1 amide bonds. The molecular formula is C15H21BrN2O2. The van der Waals surface area contributed by atoms with Gasteiger partial charge in [0.2, 0.25) is 0 Å². The van der Waals surface area contributed by atoms with Gasteiger partial charge in [0, 0.05) is 17.6 Å². The first-order chi connectivity index (χ1) is 9.77. The fourth-order valence-electron chi connectivity index (χ4n) is 2.64. The third-order valence-corrected chi connectivity index (χ3v) is 4.15. The zero-order valence-corrected chi connectivity index (χ0v) is 13.4. The van der Waals surface area contributed by atoms with Gasteiger partial charge in [0.15, 0.2) is 0 Å². The van der Waals surface area contributed by atoms with E-state index in [-0.39, 0.29) is 12.1 Å². The molecule has 0 aromatic carbocycles. The van der Waals surface area contributed by atoms with Crippen molar-refractivity contribution in [1.82, 2.24) is 4.98 Å². The first-order valence-electron chi connectivity index (χ1n) is 7.23. The molecule has 1 aliphatic rings. The van der Waals surface area contributed by atoms with Crippen LogP contribution in [0.3, 0.4) is 0 Å². The number of nitrogens with zero attached hydrogens (tertiary/aromatic N) is 2. The Hall–Kier alpha value is -1.10. The van der Waals surface area contributed by atoms with Crippen LogP contribution in [-0.2, 0) is 11.2 Å². The van der Waals surface area contributed by atoms with Crippen molar-refractivity contribution >= 4 is 27.8 Å². The molecule has 1 unspecified atom stereocenters. The Morgan fingerprint density at radius 3 is 3.15 bits per heavy atom. The Morgan fingerprint density at radius 1 is 1.55 bits per heavy atom. The van der Waals surface area contributed by atoms with Crippen LogP contribution in [0.4, 0.5) is 10.6 Å². The van der Waals surface area contributed by atoms with Crippen LogP contribution < -0.4 is 4.90 Å². The minimum absolute atomic E-state index is 0.204. The first-order valence-corrected chi connectivity index (χ1v) is 8.36. The third-order valence-electron chi connectivity index (χ3n) is 3.59. The van der Waals surface area contributed by atoms with Gasteiger partial charge in [-0.1, -0.05) is 28.4 Å². The van der Waals surface area contributed by atoms with Gasteiger partial charge >= 0.3 is 6.09 Å². The summed E-state index contributed by atoms with van der Waals surface area (Å²) in [6.07, 6.45) is 6.68. The van der Waals surface area contributed by atoms with E-state index in [9.17, 15) is 4.79 Å². The van der Waals surface area contributed by atoms with Crippen LogP contribution in [0.1, 0.15) is 38.2 Å². The van der Waals surface area contributed by atoms with Gasteiger partial charge in [-0.2, -0.15) is 0 Å². The van der Waals surface area contributed by atoms with Gasteiger partial charge in [0.1, 0.15) is 5.82 Å². The molecule has 2 heterocycles. The van der Waals surface area contributed by atoms with E-state index < -0.39 is 0 Å². The van der Waals surface area contributed by atoms with Gasteiger partial charge in [-0.15, -0.1) is 0 Å².